The minimum atomic E-state index is 0.265. The first kappa shape index (κ1) is 7.02. The van der Waals surface area contributed by atoms with Gasteiger partial charge in [-0.3, -0.25) is 4.79 Å². The van der Waals surface area contributed by atoms with Crippen LogP contribution in [0.15, 0.2) is 6.20 Å². The fourth-order valence-corrected chi connectivity index (χ4v) is 1.27. The van der Waals surface area contributed by atoms with Gasteiger partial charge >= 0.3 is 0 Å². The highest BCUT2D eigenvalue weighted by Crippen LogP contribution is 2.18. The van der Waals surface area contributed by atoms with Gasteiger partial charge in [0.25, 0.3) is 0 Å². The summed E-state index contributed by atoms with van der Waals surface area (Å²) in [6.07, 6.45) is 2.47. The van der Waals surface area contributed by atoms with Crippen LogP contribution in [0.25, 0.3) is 0 Å². The van der Waals surface area contributed by atoms with E-state index in [0.29, 0.717) is 13.1 Å². The molecule has 0 bridgehead atoms. The van der Waals surface area contributed by atoms with E-state index in [1.54, 1.807) is 11.1 Å². The molecule has 0 saturated heterocycles. The molecule has 0 aromatic carbocycles. The van der Waals surface area contributed by atoms with Crippen molar-refractivity contribution >= 4 is 12.4 Å². The first-order chi connectivity index (χ1) is 5.79. The highest BCUT2D eigenvalue weighted by molar-refractivity contribution is 5.50. The van der Waals surface area contributed by atoms with E-state index in [1.165, 1.54) is 0 Å². The van der Waals surface area contributed by atoms with Gasteiger partial charge in [-0.2, -0.15) is 0 Å². The fraction of sp³-hybridized carbons (Fsp3) is 0.286. The van der Waals surface area contributed by atoms with Crippen molar-refractivity contribution in [3.05, 3.63) is 17.5 Å². The molecule has 62 valence electrons. The summed E-state index contributed by atoms with van der Waals surface area (Å²) in [5, 5.41) is 0. The van der Waals surface area contributed by atoms with Gasteiger partial charge in [0, 0.05) is 18.3 Å². The Labute approximate surface area is 69.2 Å². The SMILES string of the molecule is Nc1ncc2c(n1)CN(C=O)C2. The second-order valence-electron chi connectivity index (χ2n) is 2.71. The number of nitrogens with two attached hydrogens (primary N) is 1. The minimum absolute atomic E-state index is 0.265. The third-order valence-corrected chi connectivity index (χ3v) is 1.85. The van der Waals surface area contributed by atoms with Crippen molar-refractivity contribution in [2.75, 3.05) is 5.73 Å². The molecule has 5 nitrogen and oxygen atoms in total. The number of carbonyl (C=O) groups is 1. The maximum atomic E-state index is 10.4. The molecule has 0 atom stereocenters. The summed E-state index contributed by atoms with van der Waals surface area (Å²) in [6.45, 7) is 1.14. The average Bonchev–Trinajstić information content (AvgIpc) is 2.46. The Hall–Kier alpha value is -1.65. The van der Waals surface area contributed by atoms with Gasteiger partial charge in [-0.1, -0.05) is 0 Å². The van der Waals surface area contributed by atoms with Crippen molar-refractivity contribution in [3.8, 4) is 0 Å². The van der Waals surface area contributed by atoms with Crippen molar-refractivity contribution in [2.45, 2.75) is 13.1 Å². The highest BCUT2D eigenvalue weighted by atomic mass is 16.1. The van der Waals surface area contributed by atoms with Gasteiger partial charge in [0.1, 0.15) is 0 Å². The molecule has 2 N–H and O–H groups in total. The molecule has 2 heterocycles. The molecular weight excluding hydrogens is 156 g/mol. The molecule has 1 amide bonds. The summed E-state index contributed by atoms with van der Waals surface area (Å²) in [7, 11) is 0. The number of hydrogen-bond donors (Lipinski definition) is 1. The average molecular weight is 164 g/mol. The Bertz CT molecular complexity index is 325. The molecule has 1 aromatic heterocycles. The van der Waals surface area contributed by atoms with Crippen LogP contribution in [0.2, 0.25) is 0 Å². The molecule has 0 radical (unpaired) electrons. The molecule has 1 aromatic rings. The van der Waals surface area contributed by atoms with E-state index >= 15 is 0 Å². The van der Waals surface area contributed by atoms with Crippen LogP contribution in [0.3, 0.4) is 0 Å². The Morgan fingerprint density at radius 1 is 1.58 bits per heavy atom. The van der Waals surface area contributed by atoms with E-state index < -0.39 is 0 Å². The normalized spacial score (nSPS) is 14.5. The van der Waals surface area contributed by atoms with E-state index in [4.69, 9.17) is 5.73 Å². The number of fused-ring (bicyclic) bond motifs is 1. The summed E-state index contributed by atoms with van der Waals surface area (Å²) >= 11 is 0. The second kappa shape index (κ2) is 2.44. The Morgan fingerprint density at radius 2 is 2.42 bits per heavy atom. The summed E-state index contributed by atoms with van der Waals surface area (Å²) in [6, 6.07) is 0. The van der Waals surface area contributed by atoms with Crippen LogP contribution in [0, 0.1) is 0 Å². The lowest BCUT2D eigenvalue weighted by Crippen LogP contribution is -2.12. The number of hydrogen-bond acceptors (Lipinski definition) is 4. The molecule has 0 spiro atoms. The molecule has 0 unspecified atom stereocenters. The predicted octanol–water partition coefficient (Wildman–Crippen LogP) is -0.469. The van der Waals surface area contributed by atoms with E-state index in [1.807, 2.05) is 0 Å². The van der Waals surface area contributed by atoms with Crippen LogP contribution in [-0.4, -0.2) is 21.3 Å². The lowest BCUT2D eigenvalue weighted by atomic mass is 10.3. The molecular formula is C7H8N4O. The number of rotatable bonds is 1. The number of nitrogen functional groups attached to an aromatic ring is 1. The van der Waals surface area contributed by atoms with Gasteiger partial charge in [0.05, 0.1) is 12.2 Å². The third-order valence-electron chi connectivity index (χ3n) is 1.85. The standard InChI is InChI=1S/C7H8N4O/c8-7-9-1-5-2-11(4-12)3-6(5)10-7/h1,4H,2-3H2,(H2,8,9,10). The number of aromatic nitrogens is 2. The van der Waals surface area contributed by atoms with Crippen LogP contribution in [0.5, 0.6) is 0 Å². The van der Waals surface area contributed by atoms with E-state index in [2.05, 4.69) is 9.97 Å². The quantitative estimate of drug-likeness (QED) is 0.569. The Morgan fingerprint density at radius 3 is 3.17 bits per heavy atom. The second-order valence-corrected chi connectivity index (χ2v) is 2.71. The maximum Gasteiger partial charge on any atom is 0.220 e. The molecule has 2 rings (SSSR count). The van der Waals surface area contributed by atoms with Crippen LogP contribution < -0.4 is 5.73 Å². The van der Waals surface area contributed by atoms with E-state index in [0.717, 1.165) is 17.7 Å². The van der Waals surface area contributed by atoms with E-state index in [9.17, 15) is 4.79 Å². The van der Waals surface area contributed by atoms with Crippen LogP contribution in [0.4, 0.5) is 5.95 Å². The summed E-state index contributed by atoms with van der Waals surface area (Å²) in [5.41, 5.74) is 7.23. The van der Waals surface area contributed by atoms with Gasteiger partial charge in [-0.05, 0) is 0 Å². The summed E-state index contributed by atoms with van der Waals surface area (Å²) in [4.78, 5) is 19.9. The van der Waals surface area contributed by atoms with Crippen LogP contribution in [-0.2, 0) is 17.9 Å². The highest BCUT2D eigenvalue weighted by Gasteiger charge is 2.18. The van der Waals surface area contributed by atoms with Gasteiger partial charge in [0.2, 0.25) is 12.4 Å². The first-order valence-corrected chi connectivity index (χ1v) is 3.59. The van der Waals surface area contributed by atoms with Gasteiger partial charge < -0.3 is 10.6 Å². The predicted molar refractivity (Wildman–Crippen MR) is 41.8 cm³/mol. The number of carbonyl (C=O) groups excluding carboxylic acids is 1. The zero-order valence-electron chi connectivity index (χ0n) is 6.40. The Balaban J connectivity index is 2.35. The smallest absolute Gasteiger partial charge is 0.220 e. The van der Waals surface area contributed by atoms with Crippen molar-refractivity contribution in [3.63, 3.8) is 0 Å². The van der Waals surface area contributed by atoms with Crippen LogP contribution >= 0.6 is 0 Å². The first-order valence-electron chi connectivity index (χ1n) is 3.59. The largest absolute Gasteiger partial charge is 0.368 e. The topological polar surface area (TPSA) is 72.1 Å². The number of nitrogens with zero attached hydrogens (tertiary/aromatic N) is 3. The number of anilines is 1. The van der Waals surface area contributed by atoms with Gasteiger partial charge in [-0.25, -0.2) is 9.97 Å². The summed E-state index contributed by atoms with van der Waals surface area (Å²) in [5.74, 6) is 0.265. The van der Waals surface area contributed by atoms with Crippen molar-refractivity contribution in [2.24, 2.45) is 0 Å². The zero-order valence-corrected chi connectivity index (χ0v) is 6.40. The third kappa shape index (κ3) is 0.990. The van der Waals surface area contributed by atoms with Crippen LogP contribution in [0.1, 0.15) is 11.3 Å². The van der Waals surface area contributed by atoms with E-state index in [-0.39, 0.29) is 5.95 Å². The molecule has 1 aliphatic heterocycles. The Kier molecular flexibility index (Phi) is 1.43. The molecule has 12 heavy (non-hydrogen) atoms. The molecule has 0 fully saturated rings. The molecule has 0 aliphatic carbocycles. The minimum Gasteiger partial charge on any atom is -0.368 e. The monoisotopic (exact) mass is 164 g/mol. The molecule has 5 heteroatoms. The summed E-state index contributed by atoms with van der Waals surface area (Å²) < 4.78 is 0. The lowest BCUT2D eigenvalue weighted by molar-refractivity contribution is -0.118. The van der Waals surface area contributed by atoms with Crippen molar-refractivity contribution < 1.29 is 4.79 Å². The van der Waals surface area contributed by atoms with Crippen molar-refractivity contribution in [1.29, 1.82) is 0 Å². The van der Waals surface area contributed by atoms with Gasteiger partial charge in [-0.15, -0.1) is 0 Å². The molecule has 1 aliphatic rings. The zero-order chi connectivity index (χ0) is 8.55. The number of amides is 1. The maximum absolute atomic E-state index is 10.4. The fourth-order valence-electron chi connectivity index (χ4n) is 1.27. The van der Waals surface area contributed by atoms with Gasteiger partial charge in [0.15, 0.2) is 0 Å². The molecule has 0 saturated carbocycles. The van der Waals surface area contributed by atoms with Crippen molar-refractivity contribution in [1.82, 2.24) is 14.9 Å². The lowest BCUT2D eigenvalue weighted by Gasteiger charge is -2.03.